The van der Waals surface area contributed by atoms with Gasteiger partial charge in [0.25, 0.3) is 0 Å². The highest BCUT2D eigenvalue weighted by molar-refractivity contribution is 5.98. The molecule has 318 valence electrons. The summed E-state index contributed by atoms with van der Waals surface area (Å²) in [4.78, 5) is 79.5. The van der Waals surface area contributed by atoms with Crippen LogP contribution in [0.3, 0.4) is 0 Å². The summed E-state index contributed by atoms with van der Waals surface area (Å²) in [5.74, 6) is -6.44. The molecule has 0 bridgehead atoms. The highest BCUT2D eigenvalue weighted by Gasteiger charge is 2.30. The number of hydrogen-bond donors (Lipinski definition) is 7. The van der Waals surface area contributed by atoms with Crippen LogP contribution >= 0.6 is 0 Å². The molecule has 0 radical (unpaired) electrons. The van der Waals surface area contributed by atoms with Gasteiger partial charge in [-0.1, -0.05) is 0 Å². The number of nitrogens with zero attached hydrogens (tertiary/aromatic N) is 8. The summed E-state index contributed by atoms with van der Waals surface area (Å²) in [6.45, 7) is 4.65. The summed E-state index contributed by atoms with van der Waals surface area (Å²) >= 11 is 0. The van der Waals surface area contributed by atoms with Crippen LogP contribution < -0.4 is 10.5 Å². The Morgan fingerprint density at radius 1 is 0.650 bits per heavy atom. The molecule has 22 nitrogen and oxygen atoms in total. The molecule has 3 aromatic heterocycles. The molecule has 8 N–H and O–H groups in total. The van der Waals surface area contributed by atoms with E-state index in [4.69, 9.17) is 46.2 Å². The molecule has 6 rings (SSSR count). The summed E-state index contributed by atoms with van der Waals surface area (Å²) in [7, 11) is 2.21. The molecule has 2 aliphatic rings. The molecule has 1 aromatic carbocycles. The minimum atomic E-state index is -1.26. The van der Waals surface area contributed by atoms with Gasteiger partial charge in [0.2, 0.25) is 0 Å². The molecule has 1 saturated carbocycles. The molecule has 2 fully saturated rings. The van der Waals surface area contributed by atoms with E-state index in [1.165, 1.54) is 32.3 Å². The van der Waals surface area contributed by atoms with Gasteiger partial charge in [-0.2, -0.15) is 5.10 Å². The van der Waals surface area contributed by atoms with Gasteiger partial charge >= 0.3 is 41.8 Å². The van der Waals surface area contributed by atoms with E-state index in [9.17, 15) is 28.8 Å². The number of benzene rings is 1. The molecular formula is C38H43N9O13. The van der Waals surface area contributed by atoms with Gasteiger partial charge in [0.1, 0.15) is 23.6 Å². The van der Waals surface area contributed by atoms with E-state index in [2.05, 4.69) is 41.5 Å². The minimum Gasteiger partial charge on any atom is -0.478 e. The van der Waals surface area contributed by atoms with E-state index in [0.717, 1.165) is 48.2 Å². The van der Waals surface area contributed by atoms with E-state index in [0.29, 0.717) is 66.1 Å². The van der Waals surface area contributed by atoms with Crippen molar-refractivity contribution >= 4 is 52.7 Å². The Kier molecular flexibility index (Phi) is 18.4. The summed E-state index contributed by atoms with van der Waals surface area (Å²) in [5, 5.41) is 52.7. The fourth-order valence-corrected chi connectivity index (χ4v) is 5.86. The topological polar surface area (TPSA) is 335 Å². The number of ether oxygens (including phenoxy) is 1. The third-order valence-electron chi connectivity index (χ3n) is 8.57. The molecule has 1 aliphatic heterocycles. The van der Waals surface area contributed by atoms with Crippen molar-refractivity contribution in [2.75, 3.05) is 39.0 Å². The Bertz CT molecular complexity index is 2050. The fraction of sp³-hybridized carbons (Fsp3) is 0.289. The highest BCUT2D eigenvalue weighted by atomic mass is 16.5. The smallest absolute Gasteiger partial charge is 0.328 e. The van der Waals surface area contributed by atoms with Gasteiger partial charge in [-0.25, -0.2) is 53.4 Å². The van der Waals surface area contributed by atoms with Crippen LogP contribution in [0.2, 0.25) is 0 Å². The maximum Gasteiger partial charge on any atom is 0.328 e. The SMILES string of the molecule is CN1CCN(C2CCC(n3nc(-c4ccc(Oc5ncccn5)cc4)c4c(N)ncnc43)CC2)CC1.O=C(O)/C=C\C(=O)O.O=C(O)/C=C\C(=O)O.O=C(O)/C=C\C(=O)O. The first-order valence-electron chi connectivity index (χ1n) is 17.9. The second-order valence-electron chi connectivity index (χ2n) is 12.7. The zero-order valence-corrected chi connectivity index (χ0v) is 32.1. The van der Waals surface area contributed by atoms with Crippen molar-refractivity contribution in [1.82, 2.24) is 39.5 Å². The highest BCUT2D eigenvalue weighted by Crippen LogP contribution is 2.37. The van der Waals surface area contributed by atoms with Crippen molar-refractivity contribution in [2.45, 2.75) is 37.8 Å². The Balaban J connectivity index is 0.000000327. The fourth-order valence-electron chi connectivity index (χ4n) is 5.86. The average Bonchev–Trinajstić information content (AvgIpc) is 3.61. The average molecular weight is 834 g/mol. The number of carboxylic acids is 6. The molecule has 0 atom stereocenters. The van der Waals surface area contributed by atoms with Gasteiger partial charge in [0.15, 0.2) is 5.65 Å². The third-order valence-corrected chi connectivity index (χ3v) is 8.57. The van der Waals surface area contributed by atoms with Crippen molar-refractivity contribution < 1.29 is 64.1 Å². The van der Waals surface area contributed by atoms with E-state index in [-0.39, 0.29) is 0 Å². The number of hydrogen-bond acceptors (Lipinski definition) is 15. The normalized spacial score (nSPS) is 16.8. The number of rotatable bonds is 11. The number of nitrogens with two attached hydrogens (primary N) is 1. The summed E-state index contributed by atoms with van der Waals surface area (Å²) in [6.07, 6.45) is 12.7. The number of carbonyl (C=O) groups is 6. The Morgan fingerprint density at radius 2 is 1.10 bits per heavy atom. The zero-order valence-electron chi connectivity index (χ0n) is 32.1. The van der Waals surface area contributed by atoms with Gasteiger partial charge in [0, 0.05) is 86.6 Å². The van der Waals surface area contributed by atoms with Crippen molar-refractivity contribution in [3.63, 3.8) is 0 Å². The lowest BCUT2D eigenvalue weighted by atomic mass is 9.90. The van der Waals surface area contributed by atoms with E-state index >= 15 is 0 Å². The van der Waals surface area contributed by atoms with Crippen LogP contribution in [0.1, 0.15) is 31.7 Å². The van der Waals surface area contributed by atoms with Crippen molar-refractivity contribution in [1.29, 1.82) is 0 Å². The van der Waals surface area contributed by atoms with E-state index < -0.39 is 35.8 Å². The van der Waals surface area contributed by atoms with Crippen LogP contribution in [-0.4, -0.2) is 145 Å². The minimum absolute atomic E-state index is 0.303. The number of carboxylic acid groups (broad SMARTS) is 6. The third kappa shape index (κ3) is 16.1. The Hall–Kier alpha value is -7.59. The lowest BCUT2D eigenvalue weighted by molar-refractivity contribution is -0.134. The van der Waals surface area contributed by atoms with Crippen LogP contribution in [0.5, 0.6) is 11.8 Å². The molecule has 4 aromatic rings. The second-order valence-corrected chi connectivity index (χ2v) is 12.7. The lowest BCUT2D eigenvalue weighted by Gasteiger charge is -2.41. The van der Waals surface area contributed by atoms with Gasteiger partial charge in [-0.05, 0) is 63.1 Å². The molecule has 0 amide bonds. The molecular weight excluding hydrogens is 790 g/mol. The first-order valence-corrected chi connectivity index (χ1v) is 17.9. The summed E-state index contributed by atoms with van der Waals surface area (Å²) in [5.41, 5.74) is 8.88. The number of aromatic nitrogens is 6. The van der Waals surface area contributed by atoms with Crippen LogP contribution in [0.15, 0.2) is 85.5 Å². The monoisotopic (exact) mass is 833 g/mol. The number of anilines is 1. The Labute approximate surface area is 341 Å². The number of fused-ring (bicyclic) bond motifs is 1. The number of likely N-dealkylation sites (N-methyl/N-ethyl adjacent to an activating group) is 1. The lowest BCUT2D eigenvalue weighted by Crippen LogP contribution is -2.49. The van der Waals surface area contributed by atoms with Crippen molar-refractivity contribution in [2.24, 2.45) is 0 Å². The van der Waals surface area contributed by atoms with E-state index in [1.807, 2.05) is 24.3 Å². The molecule has 60 heavy (non-hydrogen) atoms. The maximum absolute atomic E-state index is 9.55. The number of piperazine rings is 1. The van der Waals surface area contributed by atoms with Crippen molar-refractivity contribution in [3.8, 4) is 23.0 Å². The second kappa shape index (κ2) is 23.6. The molecule has 0 spiro atoms. The number of nitrogen functional groups attached to an aromatic ring is 1. The number of aliphatic carboxylic acids is 6. The molecule has 0 unspecified atom stereocenters. The van der Waals surface area contributed by atoms with E-state index in [1.54, 1.807) is 18.5 Å². The van der Waals surface area contributed by atoms with Crippen LogP contribution in [0.25, 0.3) is 22.3 Å². The molecule has 22 heteroatoms. The van der Waals surface area contributed by atoms with Gasteiger partial charge in [-0.15, -0.1) is 0 Å². The van der Waals surface area contributed by atoms with Crippen molar-refractivity contribution in [3.05, 3.63) is 85.5 Å². The molecule has 1 saturated heterocycles. The van der Waals surface area contributed by atoms with Gasteiger partial charge in [-0.3, -0.25) is 4.90 Å². The zero-order chi connectivity index (χ0) is 44.2. The summed E-state index contributed by atoms with van der Waals surface area (Å²) < 4.78 is 7.83. The quantitative estimate of drug-likeness (QED) is 0.107. The maximum atomic E-state index is 9.55. The van der Waals surface area contributed by atoms with Crippen LogP contribution in [0.4, 0.5) is 5.82 Å². The molecule has 1 aliphatic carbocycles. The van der Waals surface area contributed by atoms with Crippen LogP contribution in [0, 0.1) is 0 Å². The largest absolute Gasteiger partial charge is 0.478 e. The van der Waals surface area contributed by atoms with Gasteiger partial charge < -0.3 is 46.0 Å². The standard InChI is InChI=1S/C26H31N9O.3C4H4O4/c1-33-13-15-34(16-14-33)19-5-7-20(8-6-19)35-25-22(24(27)30-17-31-25)23(32-35)18-3-9-21(10-4-18)36-26-28-11-2-12-29-26;3*5-3(6)1-2-4(7)8/h2-4,9-12,17,19-20H,5-8,13-16H2,1H3,(H2,27,30,31);3*1-2H,(H,5,6)(H,7,8)/b;3*2-1-. The van der Waals surface area contributed by atoms with Crippen LogP contribution in [-0.2, 0) is 28.8 Å². The summed E-state index contributed by atoms with van der Waals surface area (Å²) in [6, 6.07) is 10.7. The Morgan fingerprint density at radius 3 is 1.55 bits per heavy atom. The predicted octanol–water partition coefficient (Wildman–Crippen LogP) is 2.52. The first-order chi connectivity index (χ1) is 28.5. The first kappa shape index (κ1) is 46.8. The van der Waals surface area contributed by atoms with Gasteiger partial charge in [0.05, 0.1) is 11.4 Å². The molecule has 4 heterocycles. The predicted molar refractivity (Wildman–Crippen MR) is 211 cm³/mol.